The lowest BCUT2D eigenvalue weighted by molar-refractivity contribution is -0.0394. The zero-order valence-electron chi connectivity index (χ0n) is 18.0. The van der Waals surface area contributed by atoms with Crippen LogP contribution in [0.15, 0.2) is 36.7 Å². The number of rotatable bonds is 2. The molecule has 2 aliphatic rings. The molecule has 0 bridgehead atoms. The van der Waals surface area contributed by atoms with Gasteiger partial charge < -0.3 is 9.64 Å². The number of anilines is 1. The summed E-state index contributed by atoms with van der Waals surface area (Å²) in [7, 11) is 0. The number of fused-ring (bicyclic) bond motifs is 5. The Morgan fingerprint density at radius 1 is 1.00 bits per heavy atom. The number of hydrogen-bond donors (Lipinski definition) is 0. The summed E-state index contributed by atoms with van der Waals surface area (Å²) in [6, 6.07) is 10.5. The third-order valence-electron chi connectivity index (χ3n) is 6.51. The minimum Gasteiger partial charge on any atom is -0.370 e. The molecule has 1 saturated heterocycles. The third-order valence-corrected chi connectivity index (χ3v) is 7.58. The molecule has 6 rings (SSSR count). The molecule has 158 valence electrons. The molecule has 0 saturated carbocycles. The molecule has 5 nitrogen and oxygen atoms in total. The van der Waals surface area contributed by atoms with Crippen LogP contribution in [0, 0.1) is 0 Å². The lowest BCUT2D eigenvalue weighted by Gasteiger charge is -2.33. The van der Waals surface area contributed by atoms with Crippen LogP contribution in [0.5, 0.6) is 0 Å². The van der Waals surface area contributed by atoms with Crippen molar-refractivity contribution < 1.29 is 4.74 Å². The topological polar surface area (TPSA) is 51.1 Å². The number of nitrogens with zero attached hydrogens (tertiary/aromatic N) is 4. The Hall–Kier alpha value is -2.57. The standard InChI is InChI=1S/C25H26N4OS/c1-25(2)13-17-18(14-30-25)20(16-9-5-3-6-10-16)28-24-19(17)21-22(31-24)23(27-15-26-21)29-11-7-4-8-12-29/h3,5-6,9-10,15H,4,7-8,11-14H2,1-2H3. The molecule has 0 aliphatic carbocycles. The van der Waals surface area contributed by atoms with E-state index < -0.39 is 0 Å². The first kappa shape index (κ1) is 19.1. The van der Waals surface area contributed by atoms with Gasteiger partial charge >= 0.3 is 0 Å². The first-order chi connectivity index (χ1) is 15.1. The molecular weight excluding hydrogens is 404 g/mol. The van der Waals surface area contributed by atoms with Gasteiger partial charge in [0.15, 0.2) is 0 Å². The largest absolute Gasteiger partial charge is 0.370 e. The summed E-state index contributed by atoms with van der Waals surface area (Å²) >= 11 is 1.75. The minimum atomic E-state index is -0.202. The summed E-state index contributed by atoms with van der Waals surface area (Å²) in [5, 5.41) is 1.20. The van der Waals surface area contributed by atoms with Gasteiger partial charge in [-0.15, -0.1) is 11.3 Å². The van der Waals surface area contributed by atoms with Gasteiger partial charge in [-0.2, -0.15) is 0 Å². The Labute approximate surface area is 186 Å². The van der Waals surface area contributed by atoms with Gasteiger partial charge in [0, 0.05) is 36.0 Å². The van der Waals surface area contributed by atoms with E-state index in [0.717, 1.165) is 46.9 Å². The average molecular weight is 431 g/mol. The molecule has 1 aromatic carbocycles. The van der Waals surface area contributed by atoms with Gasteiger partial charge in [-0.1, -0.05) is 30.3 Å². The molecule has 0 spiro atoms. The minimum absolute atomic E-state index is 0.202. The molecule has 31 heavy (non-hydrogen) atoms. The van der Waals surface area contributed by atoms with Gasteiger partial charge in [0.25, 0.3) is 0 Å². The van der Waals surface area contributed by atoms with E-state index >= 15 is 0 Å². The fraction of sp³-hybridized carbons (Fsp3) is 0.400. The van der Waals surface area contributed by atoms with E-state index in [1.54, 1.807) is 17.7 Å². The van der Waals surface area contributed by atoms with Crippen molar-refractivity contribution in [2.24, 2.45) is 0 Å². The summed E-state index contributed by atoms with van der Waals surface area (Å²) in [6.07, 6.45) is 6.36. The second-order valence-corrected chi connectivity index (χ2v) is 10.2. The highest BCUT2D eigenvalue weighted by Crippen LogP contribution is 2.44. The molecule has 5 heterocycles. The molecule has 1 fully saturated rings. The van der Waals surface area contributed by atoms with E-state index in [1.165, 1.54) is 40.5 Å². The molecule has 0 amide bonds. The van der Waals surface area contributed by atoms with Crippen LogP contribution >= 0.6 is 11.3 Å². The van der Waals surface area contributed by atoms with Crippen molar-refractivity contribution in [1.29, 1.82) is 0 Å². The zero-order chi connectivity index (χ0) is 21.0. The first-order valence-corrected chi connectivity index (χ1v) is 12.0. The maximum absolute atomic E-state index is 6.23. The van der Waals surface area contributed by atoms with Crippen LogP contribution in [-0.2, 0) is 17.8 Å². The highest BCUT2D eigenvalue weighted by molar-refractivity contribution is 7.26. The molecule has 0 atom stereocenters. The van der Waals surface area contributed by atoms with E-state index in [0.29, 0.717) is 6.61 Å². The summed E-state index contributed by atoms with van der Waals surface area (Å²) in [6.45, 7) is 7.07. The first-order valence-electron chi connectivity index (χ1n) is 11.1. The van der Waals surface area contributed by atoms with Crippen LogP contribution in [-0.4, -0.2) is 33.6 Å². The number of ether oxygens (including phenoxy) is 1. The van der Waals surface area contributed by atoms with Crippen molar-refractivity contribution in [1.82, 2.24) is 15.0 Å². The van der Waals surface area contributed by atoms with Gasteiger partial charge in [0.1, 0.15) is 17.0 Å². The molecule has 0 N–H and O–H groups in total. The Morgan fingerprint density at radius 3 is 2.61 bits per heavy atom. The van der Waals surface area contributed by atoms with Crippen LogP contribution in [0.25, 0.3) is 31.7 Å². The average Bonchev–Trinajstić information content (AvgIpc) is 3.18. The maximum atomic E-state index is 6.23. The molecule has 6 heteroatoms. The van der Waals surface area contributed by atoms with Crippen molar-refractivity contribution in [3.63, 3.8) is 0 Å². The summed E-state index contributed by atoms with van der Waals surface area (Å²) in [5.74, 6) is 1.08. The normalized spacial score (nSPS) is 18.5. The van der Waals surface area contributed by atoms with E-state index in [2.05, 4.69) is 43.0 Å². The molecule has 0 unspecified atom stereocenters. The fourth-order valence-electron chi connectivity index (χ4n) is 4.96. The predicted molar refractivity (Wildman–Crippen MR) is 127 cm³/mol. The van der Waals surface area contributed by atoms with E-state index in [1.807, 2.05) is 6.07 Å². The van der Waals surface area contributed by atoms with Crippen molar-refractivity contribution in [3.05, 3.63) is 47.8 Å². The summed E-state index contributed by atoms with van der Waals surface area (Å²) in [4.78, 5) is 18.2. The Balaban J connectivity index is 1.64. The molecule has 0 radical (unpaired) electrons. The van der Waals surface area contributed by atoms with Crippen molar-refractivity contribution in [2.75, 3.05) is 18.0 Å². The maximum Gasteiger partial charge on any atom is 0.150 e. The van der Waals surface area contributed by atoms with Gasteiger partial charge in [-0.25, -0.2) is 15.0 Å². The van der Waals surface area contributed by atoms with Crippen LogP contribution in [0.1, 0.15) is 44.2 Å². The van der Waals surface area contributed by atoms with Gasteiger partial charge in [0.05, 0.1) is 28.1 Å². The number of hydrogen-bond acceptors (Lipinski definition) is 6. The summed E-state index contributed by atoms with van der Waals surface area (Å²) < 4.78 is 7.40. The van der Waals surface area contributed by atoms with Crippen LogP contribution < -0.4 is 4.90 Å². The Morgan fingerprint density at radius 2 is 1.81 bits per heavy atom. The second-order valence-electron chi connectivity index (χ2n) is 9.21. The molecule has 4 aromatic rings. The van der Waals surface area contributed by atoms with Gasteiger partial charge in [-0.05, 0) is 38.7 Å². The lowest BCUT2D eigenvalue weighted by atomic mass is 9.88. The number of piperidine rings is 1. The molecule has 2 aliphatic heterocycles. The highest BCUT2D eigenvalue weighted by atomic mass is 32.1. The fourth-order valence-corrected chi connectivity index (χ4v) is 6.14. The smallest absolute Gasteiger partial charge is 0.150 e. The lowest BCUT2D eigenvalue weighted by Crippen LogP contribution is -2.32. The van der Waals surface area contributed by atoms with E-state index in [-0.39, 0.29) is 5.60 Å². The second kappa shape index (κ2) is 7.24. The third kappa shape index (κ3) is 3.20. The van der Waals surface area contributed by atoms with E-state index in [4.69, 9.17) is 19.7 Å². The SMILES string of the molecule is CC1(C)Cc2c(c(-c3ccccc3)nc3sc4c(N5CCCCC5)ncnc4c23)CO1. The zero-order valence-corrected chi connectivity index (χ0v) is 18.8. The van der Waals surface area contributed by atoms with Crippen LogP contribution in [0.2, 0.25) is 0 Å². The Kier molecular flexibility index (Phi) is 4.47. The number of benzene rings is 1. The number of thiophene rings is 1. The molecular formula is C25H26N4OS. The van der Waals surface area contributed by atoms with E-state index in [9.17, 15) is 0 Å². The van der Waals surface area contributed by atoms with Crippen molar-refractivity contribution in [3.8, 4) is 11.3 Å². The van der Waals surface area contributed by atoms with Crippen molar-refractivity contribution >= 4 is 37.6 Å². The Bertz CT molecular complexity index is 1280. The highest BCUT2D eigenvalue weighted by Gasteiger charge is 2.32. The summed E-state index contributed by atoms with van der Waals surface area (Å²) in [5.41, 5.74) is 5.58. The predicted octanol–water partition coefficient (Wildman–Crippen LogP) is 5.75. The number of aromatic nitrogens is 3. The number of pyridine rings is 1. The van der Waals surface area contributed by atoms with Crippen LogP contribution in [0.4, 0.5) is 5.82 Å². The van der Waals surface area contributed by atoms with Gasteiger partial charge in [-0.3, -0.25) is 0 Å². The van der Waals surface area contributed by atoms with Gasteiger partial charge in [0.2, 0.25) is 0 Å². The van der Waals surface area contributed by atoms with Crippen molar-refractivity contribution in [2.45, 2.75) is 51.7 Å². The quantitative estimate of drug-likeness (QED) is 0.405. The molecule has 3 aromatic heterocycles. The monoisotopic (exact) mass is 430 g/mol. The van der Waals surface area contributed by atoms with Crippen LogP contribution in [0.3, 0.4) is 0 Å².